The van der Waals surface area contributed by atoms with Crippen molar-refractivity contribution in [1.82, 2.24) is 15.2 Å². The van der Waals surface area contributed by atoms with Crippen LogP contribution in [0.5, 0.6) is 0 Å². The average Bonchev–Trinajstić information content (AvgIpc) is 3.00. The van der Waals surface area contributed by atoms with Crippen molar-refractivity contribution < 1.29 is 9.59 Å². The van der Waals surface area contributed by atoms with Crippen molar-refractivity contribution >= 4 is 29.0 Å². The van der Waals surface area contributed by atoms with Crippen LogP contribution in [0.1, 0.15) is 42.6 Å². The number of urea groups is 1. The quantitative estimate of drug-likeness (QED) is 0.825. The Morgan fingerprint density at radius 3 is 2.52 bits per heavy atom. The molecule has 0 aliphatic heterocycles. The highest BCUT2D eigenvalue weighted by molar-refractivity contribution is 7.09. The van der Waals surface area contributed by atoms with Crippen LogP contribution in [0.2, 0.25) is 0 Å². The van der Waals surface area contributed by atoms with Gasteiger partial charge in [0.25, 0.3) is 0 Å². The molecular weight excluding hydrogens is 336 g/mol. The van der Waals surface area contributed by atoms with Gasteiger partial charge in [0.05, 0.1) is 23.3 Å². The molecule has 25 heavy (non-hydrogen) atoms. The van der Waals surface area contributed by atoms with E-state index < -0.39 is 0 Å². The van der Waals surface area contributed by atoms with E-state index in [1.165, 1.54) is 0 Å². The number of carbonyl (C=O) groups is 2. The molecular formula is C18H24N4O2S. The maximum absolute atomic E-state index is 12.3. The van der Waals surface area contributed by atoms with Crippen LogP contribution in [0.25, 0.3) is 0 Å². The fourth-order valence-corrected chi connectivity index (χ4v) is 2.88. The van der Waals surface area contributed by atoms with E-state index in [1.807, 2.05) is 50.4 Å². The first kappa shape index (κ1) is 18.9. The normalized spacial score (nSPS) is 11.7. The molecule has 1 aromatic heterocycles. The summed E-state index contributed by atoms with van der Waals surface area (Å²) in [6.07, 6.45) is 0.444. The Bertz CT molecular complexity index is 727. The van der Waals surface area contributed by atoms with Crippen molar-refractivity contribution in [2.45, 2.75) is 39.8 Å². The molecule has 0 aliphatic carbocycles. The average molecular weight is 360 g/mol. The number of aryl methyl sites for hydroxylation is 1. The third-order valence-corrected chi connectivity index (χ3v) is 4.59. The number of amides is 3. The molecule has 0 bridgehead atoms. The van der Waals surface area contributed by atoms with Crippen LogP contribution in [0.4, 0.5) is 10.5 Å². The Morgan fingerprint density at radius 1 is 1.28 bits per heavy atom. The number of rotatable bonds is 6. The summed E-state index contributed by atoms with van der Waals surface area (Å²) in [6, 6.07) is 7.20. The van der Waals surface area contributed by atoms with E-state index in [0.717, 1.165) is 22.0 Å². The van der Waals surface area contributed by atoms with E-state index in [1.54, 1.807) is 23.3 Å². The van der Waals surface area contributed by atoms with Gasteiger partial charge in [0, 0.05) is 24.5 Å². The second kappa shape index (κ2) is 8.62. The van der Waals surface area contributed by atoms with Gasteiger partial charge in [-0.3, -0.25) is 4.79 Å². The summed E-state index contributed by atoms with van der Waals surface area (Å²) < 4.78 is 0. The zero-order chi connectivity index (χ0) is 18.4. The van der Waals surface area contributed by atoms with Crippen LogP contribution in [0.3, 0.4) is 0 Å². The number of nitrogens with one attached hydrogen (secondary N) is 2. The van der Waals surface area contributed by atoms with Gasteiger partial charge in [-0.15, -0.1) is 11.3 Å². The van der Waals surface area contributed by atoms with Crippen molar-refractivity contribution in [3.05, 3.63) is 45.9 Å². The Balaban J connectivity index is 1.90. The first-order valence-electron chi connectivity index (χ1n) is 8.21. The van der Waals surface area contributed by atoms with Crippen LogP contribution >= 0.6 is 11.3 Å². The van der Waals surface area contributed by atoms with Gasteiger partial charge in [0.15, 0.2) is 0 Å². The lowest BCUT2D eigenvalue weighted by atomic mass is 10.1. The Morgan fingerprint density at radius 2 is 1.96 bits per heavy atom. The molecule has 0 spiro atoms. The van der Waals surface area contributed by atoms with Crippen molar-refractivity contribution in [3.8, 4) is 0 Å². The van der Waals surface area contributed by atoms with Crippen molar-refractivity contribution in [2.24, 2.45) is 0 Å². The summed E-state index contributed by atoms with van der Waals surface area (Å²) >= 11 is 1.58. The molecule has 1 aromatic carbocycles. The van der Waals surface area contributed by atoms with Gasteiger partial charge in [0.2, 0.25) is 5.91 Å². The smallest absolute Gasteiger partial charge is 0.317 e. The molecule has 1 heterocycles. The number of anilines is 1. The number of aromatic nitrogens is 1. The first-order valence-corrected chi connectivity index (χ1v) is 9.09. The molecule has 0 radical (unpaired) electrons. The molecule has 1 unspecified atom stereocenters. The fraction of sp³-hybridized carbons (Fsp3) is 0.389. The summed E-state index contributed by atoms with van der Waals surface area (Å²) in [7, 11) is 1.75. The number of benzene rings is 1. The van der Waals surface area contributed by atoms with Gasteiger partial charge in [-0.05, 0) is 31.5 Å². The molecule has 0 fully saturated rings. The Labute approximate surface area is 152 Å². The van der Waals surface area contributed by atoms with E-state index in [2.05, 4.69) is 15.6 Å². The molecule has 134 valence electrons. The molecule has 1 atom stereocenters. The highest BCUT2D eigenvalue weighted by Crippen LogP contribution is 2.17. The molecule has 6 nitrogen and oxygen atoms in total. The standard InChI is InChI=1S/C18H24N4O2S/c1-5-17(23)21-15-8-6-14(7-9-15)12(2)19-18(24)22(4)10-16-11-25-13(3)20-16/h6-9,11-12H,5,10H2,1-4H3,(H,19,24)(H,21,23). The van der Waals surface area contributed by atoms with E-state index in [9.17, 15) is 9.59 Å². The molecule has 2 aromatic rings. The SMILES string of the molecule is CCC(=O)Nc1ccc(C(C)NC(=O)N(C)Cc2csc(C)n2)cc1. The highest BCUT2D eigenvalue weighted by atomic mass is 32.1. The van der Waals surface area contributed by atoms with E-state index in [4.69, 9.17) is 0 Å². The van der Waals surface area contributed by atoms with Gasteiger partial charge in [0.1, 0.15) is 0 Å². The predicted molar refractivity (Wildman–Crippen MR) is 101 cm³/mol. The molecule has 0 saturated carbocycles. The summed E-state index contributed by atoms with van der Waals surface area (Å²) in [5.41, 5.74) is 2.62. The third-order valence-electron chi connectivity index (χ3n) is 3.77. The zero-order valence-electron chi connectivity index (χ0n) is 15.0. The van der Waals surface area contributed by atoms with E-state index in [0.29, 0.717) is 13.0 Å². The number of nitrogens with zero attached hydrogens (tertiary/aromatic N) is 2. The molecule has 2 N–H and O–H groups in total. The number of carbonyl (C=O) groups excluding carboxylic acids is 2. The van der Waals surface area contributed by atoms with E-state index >= 15 is 0 Å². The predicted octanol–water partition coefficient (Wildman–Crippen LogP) is 3.70. The van der Waals surface area contributed by atoms with Gasteiger partial charge >= 0.3 is 6.03 Å². The van der Waals surface area contributed by atoms with Gasteiger partial charge < -0.3 is 15.5 Å². The topological polar surface area (TPSA) is 74.3 Å². The number of hydrogen-bond donors (Lipinski definition) is 2. The van der Waals surface area contributed by atoms with Crippen molar-refractivity contribution in [1.29, 1.82) is 0 Å². The van der Waals surface area contributed by atoms with Gasteiger partial charge in [-0.25, -0.2) is 9.78 Å². The second-order valence-corrected chi connectivity index (χ2v) is 6.97. The van der Waals surface area contributed by atoms with Crippen LogP contribution in [0, 0.1) is 6.92 Å². The molecule has 0 aliphatic rings. The lowest BCUT2D eigenvalue weighted by Gasteiger charge is -2.21. The van der Waals surface area contributed by atoms with Crippen molar-refractivity contribution in [3.63, 3.8) is 0 Å². The first-order chi connectivity index (χ1) is 11.9. The summed E-state index contributed by atoms with van der Waals surface area (Å²) in [4.78, 5) is 29.7. The Kier molecular flexibility index (Phi) is 6.52. The minimum Gasteiger partial charge on any atom is -0.331 e. The number of thiazole rings is 1. The summed E-state index contributed by atoms with van der Waals surface area (Å²) in [5, 5.41) is 8.73. The van der Waals surface area contributed by atoms with Crippen LogP contribution in [0.15, 0.2) is 29.6 Å². The maximum atomic E-state index is 12.3. The van der Waals surface area contributed by atoms with Gasteiger partial charge in [-0.1, -0.05) is 19.1 Å². The number of hydrogen-bond acceptors (Lipinski definition) is 4. The van der Waals surface area contributed by atoms with Crippen molar-refractivity contribution in [2.75, 3.05) is 12.4 Å². The lowest BCUT2D eigenvalue weighted by Crippen LogP contribution is -2.38. The monoisotopic (exact) mass is 360 g/mol. The minimum absolute atomic E-state index is 0.0204. The minimum atomic E-state index is -0.151. The summed E-state index contributed by atoms with van der Waals surface area (Å²) in [5.74, 6) is -0.0204. The Hall–Kier alpha value is -2.41. The molecule has 3 amide bonds. The highest BCUT2D eigenvalue weighted by Gasteiger charge is 2.14. The molecule has 2 rings (SSSR count). The van der Waals surface area contributed by atoms with Gasteiger partial charge in [-0.2, -0.15) is 0 Å². The van der Waals surface area contributed by atoms with Crippen LogP contribution < -0.4 is 10.6 Å². The molecule has 7 heteroatoms. The third kappa shape index (κ3) is 5.56. The van der Waals surface area contributed by atoms with Crippen LogP contribution in [-0.2, 0) is 11.3 Å². The fourth-order valence-electron chi connectivity index (χ4n) is 2.28. The van der Waals surface area contributed by atoms with Crippen LogP contribution in [-0.4, -0.2) is 28.9 Å². The second-order valence-electron chi connectivity index (χ2n) is 5.91. The largest absolute Gasteiger partial charge is 0.331 e. The lowest BCUT2D eigenvalue weighted by molar-refractivity contribution is -0.115. The molecule has 0 saturated heterocycles. The van der Waals surface area contributed by atoms with E-state index in [-0.39, 0.29) is 18.0 Å². The summed E-state index contributed by atoms with van der Waals surface area (Å²) in [6.45, 7) is 6.16. The maximum Gasteiger partial charge on any atom is 0.317 e. The zero-order valence-corrected chi connectivity index (χ0v) is 15.8.